The fourth-order valence-corrected chi connectivity index (χ4v) is 2.60. The number of rotatable bonds is 2. The molecule has 2 aromatic rings. The van der Waals surface area contributed by atoms with Gasteiger partial charge in [0.2, 0.25) is 0 Å². The maximum atomic E-state index is 10.1. The Morgan fingerprint density at radius 1 is 1.33 bits per heavy atom. The van der Waals surface area contributed by atoms with E-state index in [4.69, 9.17) is 0 Å². The van der Waals surface area contributed by atoms with E-state index < -0.39 is 6.23 Å². The molecule has 3 nitrogen and oxygen atoms in total. The van der Waals surface area contributed by atoms with Gasteiger partial charge in [0, 0.05) is 18.3 Å². The van der Waals surface area contributed by atoms with Gasteiger partial charge in [0.15, 0.2) is 0 Å². The molecule has 0 saturated carbocycles. The molecule has 3 rings (SSSR count). The van der Waals surface area contributed by atoms with E-state index in [0.717, 1.165) is 37.2 Å². The molecule has 18 heavy (non-hydrogen) atoms. The fraction of sp³-hybridized carbons (Fsp3) is 0.400. The molecule has 0 radical (unpaired) electrons. The molecule has 94 valence electrons. The van der Waals surface area contributed by atoms with Crippen molar-refractivity contribution in [3.8, 4) is 0 Å². The first-order valence-corrected chi connectivity index (χ1v) is 6.52. The van der Waals surface area contributed by atoms with Crippen LogP contribution in [0.1, 0.15) is 41.7 Å². The van der Waals surface area contributed by atoms with Crippen LogP contribution in [0.25, 0.3) is 0 Å². The minimum atomic E-state index is -0.392. The summed E-state index contributed by atoms with van der Waals surface area (Å²) in [6.45, 7) is 2.09. The number of aliphatic hydroxyl groups excluding tert-OH is 1. The van der Waals surface area contributed by atoms with Crippen LogP contribution in [0, 0.1) is 6.92 Å². The van der Waals surface area contributed by atoms with E-state index in [9.17, 15) is 5.11 Å². The number of hydrogen-bond acceptors (Lipinski definition) is 2. The van der Waals surface area contributed by atoms with E-state index >= 15 is 0 Å². The Bertz CT molecular complexity index is 542. The summed E-state index contributed by atoms with van der Waals surface area (Å²) in [6, 6.07) is 8.50. The highest BCUT2D eigenvalue weighted by Crippen LogP contribution is 2.25. The molecule has 0 bridgehead atoms. The second-order valence-corrected chi connectivity index (χ2v) is 5.07. The minimum absolute atomic E-state index is 0.392. The summed E-state index contributed by atoms with van der Waals surface area (Å²) < 4.78 is 2.00. The second-order valence-electron chi connectivity index (χ2n) is 5.07. The fourth-order valence-electron chi connectivity index (χ4n) is 2.60. The molecule has 1 aromatic carbocycles. The molecular formula is C15H18N2O. The average Bonchev–Trinajstić information content (AvgIpc) is 2.77. The summed E-state index contributed by atoms with van der Waals surface area (Å²) in [5.74, 6) is 0.973. The first-order chi connectivity index (χ1) is 8.74. The minimum Gasteiger partial charge on any atom is -0.373 e. The number of benzene rings is 1. The Hall–Kier alpha value is -1.61. The van der Waals surface area contributed by atoms with Gasteiger partial charge in [-0.25, -0.2) is 4.98 Å². The molecular weight excluding hydrogens is 224 g/mol. The third-order valence-corrected chi connectivity index (χ3v) is 3.63. The Balaban J connectivity index is 1.89. The molecule has 1 aliphatic heterocycles. The molecule has 3 heteroatoms. The van der Waals surface area contributed by atoms with Gasteiger partial charge in [0.05, 0.1) is 0 Å². The Labute approximate surface area is 107 Å². The van der Waals surface area contributed by atoms with Gasteiger partial charge in [0.25, 0.3) is 0 Å². The quantitative estimate of drug-likeness (QED) is 0.879. The van der Waals surface area contributed by atoms with E-state index in [2.05, 4.69) is 36.2 Å². The lowest BCUT2D eigenvalue weighted by atomic mass is 10.1. The van der Waals surface area contributed by atoms with Crippen molar-refractivity contribution in [2.24, 2.45) is 0 Å². The standard InChI is InChI=1S/C15H18N2O/c1-11-5-7-12(8-6-11)9-14-16-10-13-3-2-4-15(18)17(13)14/h5-8,10,15,18H,2-4,9H2,1H3. The molecule has 1 N–H and O–H groups in total. The molecule has 0 amide bonds. The van der Waals surface area contributed by atoms with Crippen LogP contribution < -0.4 is 0 Å². The van der Waals surface area contributed by atoms with Crippen LogP contribution >= 0.6 is 0 Å². The summed E-state index contributed by atoms with van der Waals surface area (Å²) in [4.78, 5) is 4.47. The van der Waals surface area contributed by atoms with Crippen molar-refractivity contribution < 1.29 is 5.11 Å². The molecule has 0 spiro atoms. The van der Waals surface area contributed by atoms with Gasteiger partial charge in [-0.05, 0) is 31.7 Å². The number of aryl methyl sites for hydroxylation is 2. The third kappa shape index (κ3) is 2.06. The average molecular weight is 242 g/mol. The van der Waals surface area contributed by atoms with Crippen molar-refractivity contribution in [1.82, 2.24) is 9.55 Å². The monoisotopic (exact) mass is 242 g/mol. The zero-order valence-corrected chi connectivity index (χ0v) is 10.6. The van der Waals surface area contributed by atoms with Gasteiger partial charge in [-0.15, -0.1) is 0 Å². The Morgan fingerprint density at radius 3 is 2.89 bits per heavy atom. The third-order valence-electron chi connectivity index (χ3n) is 3.63. The van der Waals surface area contributed by atoms with Crippen LogP contribution in [0.4, 0.5) is 0 Å². The molecule has 0 saturated heterocycles. The van der Waals surface area contributed by atoms with Crippen LogP contribution in [0.5, 0.6) is 0 Å². The van der Waals surface area contributed by atoms with Crippen LogP contribution in [-0.2, 0) is 12.8 Å². The van der Waals surface area contributed by atoms with Gasteiger partial charge in [-0.1, -0.05) is 29.8 Å². The molecule has 0 aliphatic carbocycles. The van der Waals surface area contributed by atoms with Gasteiger partial charge < -0.3 is 9.67 Å². The second kappa shape index (κ2) is 4.58. The zero-order valence-electron chi connectivity index (χ0n) is 10.6. The molecule has 2 heterocycles. The summed E-state index contributed by atoms with van der Waals surface area (Å²) in [5, 5.41) is 10.1. The highest BCUT2D eigenvalue weighted by atomic mass is 16.3. The van der Waals surface area contributed by atoms with E-state index in [0.29, 0.717) is 0 Å². The van der Waals surface area contributed by atoms with E-state index in [1.54, 1.807) is 0 Å². The number of hydrogen-bond donors (Lipinski definition) is 1. The van der Waals surface area contributed by atoms with Crippen molar-refractivity contribution in [3.05, 3.63) is 53.1 Å². The lowest BCUT2D eigenvalue weighted by Gasteiger charge is -2.22. The van der Waals surface area contributed by atoms with E-state index in [1.165, 1.54) is 11.1 Å². The molecule has 1 atom stereocenters. The Kier molecular flexibility index (Phi) is 2.92. The Morgan fingerprint density at radius 2 is 2.11 bits per heavy atom. The first-order valence-electron chi connectivity index (χ1n) is 6.52. The predicted molar refractivity (Wildman–Crippen MR) is 70.4 cm³/mol. The largest absolute Gasteiger partial charge is 0.373 e. The highest BCUT2D eigenvalue weighted by Gasteiger charge is 2.20. The van der Waals surface area contributed by atoms with Gasteiger partial charge in [-0.2, -0.15) is 0 Å². The zero-order chi connectivity index (χ0) is 12.5. The highest BCUT2D eigenvalue weighted by molar-refractivity contribution is 5.25. The number of aliphatic hydroxyl groups is 1. The number of aromatic nitrogens is 2. The van der Waals surface area contributed by atoms with Crippen LogP contribution in [0.2, 0.25) is 0 Å². The van der Waals surface area contributed by atoms with Crippen molar-refractivity contribution in [2.45, 2.75) is 38.8 Å². The topological polar surface area (TPSA) is 38.0 Å². The summed E-state index contributed by atoms with van der Waals surface area (Å²) in [7, 11) is 0. The van der Waals surface area contributed by atoms with Gasteiger partial charge >= 0.3 is 0 Å². The molecule has 1 aromatic heterocycles. The normalized spacial score (nSPS) is 18.7. The maximum absolute atomic E-state index is 10.1. The summed E-state index contributed by atoms with van der Waals surface area (Å²) in [6.07, 6.45) is 5.22. The first kappa shape index (κ1) is 11.5. The number of imidazole rings is 1. The van der Waals surface area contributed by atoms with Gasteiger partial charge in [-0.3, -0.25) is 0 Å². The van der Waals surface area contributed by atoms with E-state index in [1.807, 2.05) is 10.8 Å². The maximum Gasteiger partial charge on any atom is 0.132 e. The van der Waals surface area contributed by atoms with Gasteiger partial charge in [0.1, 0.15) is 12.1 Å². The SMILES string of the molecule is Cc1ccc(Cc2ncc3n2C(O)CCC3)cc1. The van der Waals surface area contributed by atoms with E-state index in [-0.39, 0.29) is 0 Å². The lowest BCUT2D eigenvalue weighted by Crippen LogP contribution is -2.19. The predicted octanol–water partition coefficient (Wildman–Crippen LogP) is 2.61. The smallest absolute Gasteiger partial charge is 0.132 e. The molecule has 1 aliphatic rings. The van der Waals surface area contributed by atoms with Crippen molar-refractivity contribution in [3.63, 3.8) is 0 Å². The summed E-state index contributed by atoms with van der Waals surface area (Å²) in [5.41, 5.74) is 3.67. The van der Waals surface area contributed by atoms with Crippen molar-refractivity contribution >= 4 is 0 Å². The summed E-state index contributed by atoms with van der Waals surface area (Å²) >= 11 is 0. The van der Waals surface area contributed by atoms with Crippen LogP contribution in [0.15, 0.2) is 30.5 Å². The molecule has 0 fully saturated rings. The van der Waals surface area contributed by atoms with Crippen molar-refractivity contribution in [1.29, 1.82) is 0 Å². The number of fused-ring (bicyclic) bond motifs is 1. The number of nitrogens with zero attached hydrogens (tertiary/aromatic N) is 2. The van der Waals surface area contributed by atoms with Crippen LogP contribution in [-0.4, -0.2) is 14.7 Å². The van der Waals surface area contributed by atoms with Crippen LogP contribution in [0.3, 0.4) is 0 Å². The lowest BCUT2D eigenvalue weighted by molar-refractivity contribution is 0.0762. The van der Waals surface area contributed by atoms with Crippen molar-refractivity contribution in [2.75, 3.05) is 0 Å². The molecule has 1 unspecified atom stereocenters.